The maximum atomic E-state index is 5.89. The minimum Gasteiger partial charge on any atom is -0.384 e. The summed E-state index contributed by atoms with van der Waals surface area (Å²) in [6, 6.07) is 2.24. The SMILES string of the molecule is CC1OCCC1N(C)c1cc(N)nc(C2CC2)n1. The molecule has 5 nitrogen and oxygen atoms in total. The summed E-state index contributed by atoms with van der Waals surface area (Å²) in [7, 11) is 2.06. The lowest BCUT2D eigenvalue weighted by molar-refractivity contribution is 0.118. The molecule has 1 aromatic heterocycles. The third-order valence-electron chi connectivity index (χ3n) is 3.89. The summed E-state index contributed by atoms with van der Waals surface area (Å²) in [6.07, 6.45) is 3.67. The van der Waals surface area contributed by atoms with Crippen molar-refractivity contribution in [1.82, 2.24) is 9.97 Å². The van der Waals surface area contributed by atoms with Gasteiger partial charge in [0.25, 0.3) is 0 Å². The molecule has 1 saturated heterocycles. The van der Waals surface area contributed by atoms with Gasteiger partial charge in [-0.05, 0) is 26.2 Å². The van der Waals surface area contributed by atoms with Crippen LogP contribution in [-0.2, 0) is 4.74 Å². The molecule has 98 valence electrons. The Morgan fingerprint density at radius 2 is 2.11 bits per heavy atom. The first-order valence-electron chi connectivity index (χ1n) is 6.64. The molecule has 2 atom stereocenters. The molecular weight excluding hydrogens is 228 g/mol. The van der Waals surface area contributed by atoms with Crippen molar-refractivity contribution in [1.29, 1.82) is 0 Å². The first kappa shape index (κ1) is 11.7. The highest BCUT2D eigenvalue weighted by Crippen LogP contribution is 2.39. The summed E-state index contributed by atoms with van der Waals surface area (Å²) in [6.45, 7) is 2.94. The van der Waals surface area contributed by atoms with Crippen LogP contribution in [0.1, 0.15) is 37.9 Å². The maximum Gasteiger partial charge on any atom is 0.136 e. The molecular formula is C13H20N4O. The van der Waals surface area contributed by atoms with E-state index in [1.807, 2.05) is 6.07 Å². The van der Waals surface area contributed by atoms with Gasteiger partial charge in [-0.3, -0.25) is 0 Å². The van der Waals surface area contributed by atoms with Crippen LogP contribution < -0.4 is 10.6 Å². The molecule has 0 amide bonds. The quantitative estimate of drug-likeness (QED) is 0.879. The molecule has 0 radical (unpaired) electrons. The first-order valence-corrected chi connectivity index (χ1v) is 6.64. The number of nitrogens with two attached hydrogens (primary N) is 1. The van der Waals surface area contributed by atoms with E-state index in [4.69, 9.17) is 10.5 Å². The largest absolute Gasteiger partial charge is 0.384 e. The molecule has 0 spiro atoms. The summed E-state index contributed by atoms with van der Waals surface area (Å²) in [5.74, 6) is 2.92. The molecule has 1 aliphatic heterocycles. The van der Waals surface area contributed by atoms with E-state index in [1.165, 1.54) is 12.8 Å². The van der Waals surface area contributed by atoms with Gasteiger partial charge in [0.2, 0.25) is 0 Å². The number of ether oxygens (including phenoxy) is 1. The normalized spacial score (nSPS) is 27.4. The van der Waals surface area contributed by atoms with Gasteiger partial charge in [-0.1, -0.05) is 0 Å². The Kier molecular flexibility index (Phi) is 2.86. The second-order valence-electron chi connectivity index (χ2n) is 5.33. The number of hydrogen-bond donors (Lipinski definition) is 1. The van der Waals surface area contributed by atoms with Crippen molar-refractivity contribution in [2.24, 2.45) is 0 Å². The highest BCUT2D eigenvalue weighted by Gasteiger charge is 2.31. The van der Waals surface area contributed by atoms with Crippen molar-refractivity contribution in [3.63, 3.8) is 0 Å². The number of aromatic nitrogens is 2. The van der Waals surface area contributed by atoms with Crippen LogP contribution in [0.3, 0.4) is 0 Å². The minimum absolute atomic E-state index is 0.246. The second-order valence-corrected chi connectivity index (χ2v) is 5.33. The monoisotopic (exact) mass is 248 g/mol. The van der Waals surface area contributed by atoms with Crippen LogP contribution in [0.15, 0.2) is 6.07 Å². The van der Waals surface area contributed by atoms with E-state index in [2.05, 4.69) is 28.8 Å². The van der Waals surface area contributed by atoms with Crippen LogP contribution in [0.2, 0.25) is 0 Å². The number of likely N-dealkylation sites (N-methyl/N-ethyl adjacent to an activating group) is 1. The van der Waals surface area contributed by atoms with Crippen LogP contribution in [0.4, 0.5) is 11.6 Å². The van der Waals surface area contributed by atoms with Crippen LogP contribution in [0, 0.1) is 0 Å². The van der Waals surface area contributed by atoms with Crippen LogP contribution in [0.5, 0.6) is 0 Å². The average Bonchev–Trinajstić information content (AvgIpc) is 3.11. The fourth-order valence-electron chi connectivity index (χ4n) is 2.58. The van der Waals surface area contributed by atoms with Gasteiger partial charge in [0.05, 0.1) is 12.1 Å². The zero-order valence-corrected chi connectivity index (χ0v) is 11.0. The lowest BCUT2D eigenvalue weighted by atomic mass is 10.1. The predicted molar refractivity (Wildman–Crippen MR) is 70.6 cm³/mol. The summed E-state index contributed by atoms with van der Waals surface area (Å²) in [5.41, 5.74) is 5.89. The van der Waals surface area contributed by atoms with E-state index in [0.29, 0.717) is 17.8 Å². The molecule has 2 N–H and O–H groups in total. The number of hydrogen-bond acceptors (Lipinski definition) is 5. The van der Waals surface area contributed by atoms with Crippen molar-refractivity contribution in [2.75, 3.05) is 24.3 Å². The van der Waals surface area contributed by atoms with Gasteiger partial charge in [-0.15, -0.1) is 0 Å². The number of anilines is 2. The van der Waals surface area contributed by atoms with Gasteiger partial charge in [-0.2, -0.15) is 0 Å². The third kappa shape index (κ3) is 2.14. The Morgan fingerprint density at radius 1 is 1.33 bits per heavy atom. The van der Waals surface area contributed by atoms with E-state index in [1.54, 1.807) is 0 Å². The molecule has 2 heterocycles. The molecule has 0 aromatic carbocycles. The molecule has 1 aromatic rings. The van der Waals surface area contributed by atoms with Gasteiger partial charge < -0.3 is 15.4 Å². The van der Waals surface area contributed by atoms with E-state index >= 15 is 0 Å². The van der Waals surface area contributed by atoms with E-state index in [9.17, 15) is 0 Å². The first-order chi connectivity index (χ1) is 8.65. The van der Waals surface area contributed by atoms with Gasteiger partial charge in [0.1, 0.15) is 17.5 Å². The fourth-order valence-corrected chi connectivity index (χ4v) is 2.58. The Hall–Kier alpha value is -1.36. The van der Waals surface area contributed by atoms with Gasteiger partial charge in [0, 0.05) is 25.6 Å². The second kappa shape index (κ2) is 4.39. The number of nitrogens with zero attached hydrogens (tertiary/aromatic N) is 3. The molecule has 18 heavy (non-hydrogen) atoms. The molecule has 2 unspecified atom stereocenters. The maximum absolute atomic E-state index is 5.89. The van der Waals surface area contributed by atoms with Crippen molar-refractivity contribution in [3.8, 4) is 0 Å². The van der Waals surface area contributed by atoms with E-state index in [0.717, 1.165) is 24.7 Å². The standard InChI is InChI=1S/C13H20N4O/c1-8-10(5-6-18-8)17(2)12-7-11(14)15-13(16-12)9-3-4-9/h7-10H,3-6H2,1-2H3,(H2,14,15,16). The molecule has 0 bridgehead atoms. The fraction of sp³-hybridized carbons (Fsp3) is 0.692. The molecule has 2 aliphatic rings. The Morgan fingerprint density at radius 3 is 2.72 bits per heavy atom. The van der Waals surface area contributed by atoms with Crippen molar-refractivity contribution in [2.45, 2.75) is 44.2 Å². The predicted octanol–water partition coefficient (Wildman–Crippen LogP) is 1.55. The lowest BCUT2D eigenvalue weighted by Crippen LogP contribution is -2.37. The van der Waals surface area contributed by atoms with E-state index < -0.39 is 0 Å². The third-order valence-corrected chi connectivity index (χ3v) is 3.89. The number of rotatable bonds is 3. The lowest BCUT2D eigenvalue weighted by Gasteiger charge is -2.28. The summed E-state index contributed by atoms with van der Waals surface area (Å²) in [5, 5.41) is 0. The Bertz CT molecular complexity index is 447. The zero-order chi connectivity index (χ0) is 12.7. The molecule has 5 heteroatoms. The van der Waals surface area contributed by atoms with Crippen molar-refractivity contribution >= 4 is 11.6 Å². The smallest absolute Gasteiger partial charge is 0.136 e. The molecule has 1 saturated carbocycles. The highest BCUT2D eigenvalue weighted by atomic mass is 16.5. The molecule has 2 fully saturated rings. The summed E-state index contributed by atoms with van der Waals surface area (Å²) < 4.78 is 5.61. The van der Waals surface area contributed by atoms with Gasteiger partial charge in [-0.25, -0.2) is 9.97 Å². The minimum atomic E-state index is 0.246. The summed E-state index contributed by atoms with van der Waals surface area (Å²) in [4.78, 5) is 11.2. The van der Waals surface area contributed by atoms with Gasteiger partial charge >= 0.3 is 0 Å². The summed E-state index contributed by atoms with van der Waals surface area (Å²) >= 11 is 0. The van der Waals surface area contributed by atoms with Crippen LogP contribution in [0.25, 0.3) is 0 Å². The number of nitrogen functional groups attached to an aromatic ring is 1. The van der Waals surface area contributed by atoms with E-state index in [-0.39, 0.29) is 6.10 Å². The van der Waals surface area contributed by atoms with Crippen LogP contribution in [-0.4, -0.2) is 35.8 Å². The van der Waals surface area contributed by atoms with Crippen molar-refractivity contribution in [3.05, 3.63) is 11.9 Å². The Balaban J connectivity index is 1.86. The molecule has 1 aliphatic carbocycles. The zero-order valence-electron chi connectivity index (χ0n) is 11.0. The highest BCUT2D eigenvalue weighted by molar-refractivity contribution is 5.48. The van der Waals surface area contributed by atoms with Crippen LogP contribution >= 0.6 is 0 Å². The Labute approximate surface area is 107 Å². The average molecular weight is 248 g/mol. The van der Waals surface area contributed by atoms with Gasteiger partial charge in [0.15, 0.2) is 0 Å². The molecule has 3 rings (SSSR count). The van der Waals surface area contributed by atoms with Crippen molar-refractivity contribution < 1.29 is 4.74 Å². The topological polar surface area (TPSA) is 64.3 Å².